The molecule has 0 atom stereocenters. The topological polar surface area (TPSA) is 58.2 Å². The van der Waals surface area contributed by atoms with Gasteiger partial charge >= 0.3 is 0 Å². The molecule has 2 aromatic carbocycles. The van der Waals surface area contributed by atoms with Crippen molar-refractivity contribution in [2.24, 2.45) is 0 Å². The van der Waals surface area contributed by atoms with Gasteiger partial charge in [-0.2, -0.15) is 0 Å². The molecular formula is C19H16N2O2S. The van der Waals surface area contributed by atoms with Gasteiger partial charge in [0.05, 0.1) is 4.88 Å². The third-order valence-corrected chi connectivity index (χ3v) is 4.27. The van der Waals surface area contributed by atoms with E-state index in [1.807, 2.05) is 36.6 Å². The van der Waals surface area contributed by atoms with Gasteiger partial charge in [-0.15, -0.1) is 11.3 Å². The molecule has 0 fully saturated rings. The van der Waals surface area contributed by atoms with Crippen molar-refractivity contribution in [3.05, 3.63) is 82.0 Å². The molecule has 2 N–H and O–H groups in total. The molecule has 3 rings (SSSR count). The van der Waals surface area contributed by atoms with Crippen molar-refractivity contribution in [3.63, 3.8) is 0 Å². The standard InChI is InChI=1S/C19H16N2O2S/c1-13-5-2-6-14(11-13)18(22)20-15-7-3-8-16(12-15)21-19(23)17-9-4-10-24-17/h2-12H,1H3,(H,20,22)(H,21,23). The SMILES string of the molecule is Cc1cccc(C(=O)Nc2cccc(NC(=O)c3cccs3)c2)c1. The van der Waals surface area contributed by atoms with Gasteiger partial charge in [0, 0.05) is 16.9 Å². The normalized spacial score (nSPS) is 10.2. The van der Waals surface area contributed by atoms with E-state index in [1.165, 1.54) is 11.3 Å². The highest BCUT2D eigenvalue weighted by molar-refractivity contribution is 7.12. The molecule has 24 heavy (non-hydrogen) atoms. The first-order valence-electron chi connectivity index (χ1n) is 7.45. The van der Waals surface area contributed by atoms with Crippen LogP contribution in [0.2, 0.25) is 0 Å². The highest BCUT2D eigenvalue weighted by Crippen LogP contribution is 2.18. The van der Waals surface area contributed by atoms with Crippen LogP contribution in [0.3, 0.4) is 0 Å². The van der Waals surface area contributed by atoms with Crippen molar-refractivity contribution >= 4 is 34.5 Å². The fourth-order valence-electron chi connectivity index (χ4n) is 2.26. The Balaban J connectivity index is 1.71. The maximum atomic E-state index is 12.3. The number of rotatable bonds is 4. The summed E-state index contributed by atoms with van der Waals surface area (Å²) < 4.78 is 0. The maximum Gasteiger partial charge on any atom is 0.265 e. The van der Waals surface area contributed by atoms with Gasteiger partial charge in [0.15, 0.2) is 0 Å². The highest BCUT2D eigenvalue weighted by atomic mass is 32.1. The van der Waals surface area contributed by atoms with E-state index in [2.05, 4.69) is 10.6 Å². The Bertz CT molecular complexity index is 873. The molecule has 0 unspecified atom stereocenters. The quantitative estimate of drug-likeness (QED) is 0.734. The first-order chi connectivity index (χ1) is 11.6. The number of carbonyl (C=O) groups excluding carboxylic acids is 2. The van der Waals surface area contributed by atoms with E-state index in [1.54, 1.807) is 36.4 Å². The van der Waals surface area contributed by atoms with Gasteiger partial charge in [-0.1, -0.05) is 29.8 Å². The lowest BCUT2D eigenvalue weighted by Crippen LogP contribution is -2.13. The third-order valence-electron chi connectivity index (χ3n) is 3.40. The third kappa shape index (κ3) is 3.88. The Kier molecular flexibility index (Phi) is 4.72. The average molecular weight is 336 g/mol. The zero-order valence-electron chi connectivity index (χ0n) is 13.1. The lowest BCUT2D eigenvalue weighted by Gasteiger charge is -2.09. The predicted octanol–water partition coefficient (Wildman–Crippen LogP) is 4.56. The second kappa shape index (κ2) is 7.10. The summed E-state index contributed by atoms with van der Waals surface area (Å²) in [6, 6.07) is 18.1. The van der Waals surface area contributed by atoms with E-state index in [4.69, 9.17) is 0 Å². The van der Waals surface area contributed by atoms with Crippen molar-refractivity contribution in [1.29, 1.82) is 0 Å². The second-order valence-electron chi connectivity index (χ2n) is 5.34. The Labute approximate surface area is 144 Å². The molecule has 0 bridgehead atoms. The first-order valence-corrected chi connectivity index (χ1v) is 8.33. The lowest BCUT2D eigenvalue weighted by molar-refractivity contribution is 0.102. The van der Waals surface area contributed by atoms with Gasteiger partial charge < -0.3 is 10.6 Å². The molecule has 4 nitrogen and oxygen atoms in total. The van der Waals surface area contributed by atoms with E-state index in [0.717, 1.165) is 5.56 Å². The van der Waals surface area contributed by atoms with Crippen molar-refractivity contribution in [1.82, 2.24) is 0 Å². The molecule has 1 aromatic heterocycles. The highest BCUT2D eigenvalue weighted by Gasteiger charge is 2.09. The molecule has 120 valence electrons. The van der Waals surface area contributed by atoms with E-state index in [9.17, 15) is 9.59 Å². The van der Waals surface area contributed by atoms with Crippen LogP contribution in [-0.2, 0) is 0 Å². The molecule has 0 saturated heterocycles. The molecule has 2 amide bonds. The monoisotopic (exact) mass is 336 g/mol. The summed E-state index contributed by atoms with van der Waals surface area (Å²) in [6.45, 7) is 1.94. The van der Waals surface area contributed by atoms with Crippen LogP contribution in [0, 0.1) is 6.92 Å². The number of anilines is 2. The van der Waals surface area contributed by atoms with Crippen LogP contribution in [0.4, 0.5) is 11.4 Å². The van der Waals surface area contributed by atoms with Gasteiger partial charge in [0.25, 0.3) is 11.8 Å². The maximum absolute atomic E-state index is 12.3. The molecule has 0 aliphatic carbocycles. The number of benzene rings is 2. The molecule has 0 saturated carbocycles. The fourth-order valence-corrected chi connectivity index (χ4v) is 2.88. The minimum Gasteiger partial charge on any atom is -0.322 e. The smallest absolute Gasteiger partial charge is 0.265 e. The van der Waals surface area contributed by atoms with Crippen LogP contribution in [0.1, 0.15) is 25.6 Å². The van der Waals surface area contributed by atoms with Crippen LogP contribution < -0.4 is 10.6 Å². The second-order valence-corrected chi connectivity index (χ2v) is 6.28. The molecule has 0 aliphatic rings. The largest absolute Gasteiger partial charge is 0.322 e. The van der Waals surface area contributed by atoms with Crippen molar-refractivity contribution in [2.45, 2.75) is 6.92 Å². The van der Waals surface area contributed by atoms with Gasteiger partial charge in [-0.3, -0.25) is 9.59 Å². The van der Waals surface area contributed by atoms with Crippen LogP contribution in [0.15, 0.2) is 66.0 Å². The van der Waals surface area contributed by atoms with Crippen LogP contribution in [-0.4, -0.2) is 11.8 Å². The van der Waals surface area contributed by atoms with E-state index in [-0.39, 0.29) is 11.8 Å². The van der Waals surface area contributed by atoms with Gasteiger partial charge in [0.2, 0.25) is 0 Å². The van der Waals surface area contributed by atoms with Crippen LogP contribution in [0.5, 0.6) is 0 Å². The number of thiophene rings is 1. The van der Waals surface area contributed by atoms with Gasteiger partial charge in [0.1, 0.15) is 0 Å². The van der Waals surface area contributed by atoms with E-state index in [0.29, 0.717) is 21.8 Å². The van der Waals surface area contributed by atoms with E-state index >= 15 is 0 Å². The number of amides is 2. The Hall–Kier alpha value is -2.92. The van der Waals surface area contributed by atoms with E-state index < -0.39 is 0 Å². The summed E-state index contributed by atoms with van der Waals surface area (Å²) in [5.41, 5.74) is 2.89. The number of hydrogen-bond acceptors (Lipinski definition) is 3. The number of nitrogens with one attached hydrogen (secondary N) is 2. The lowest BCUT2D eigenvalue weighted by atomic mass is 10.1. The molecule has 0 radical (unpaired) electrons. The summed E-state index contributed by atoms with van der Waals surface area (Å²) in [5.74, 6) is -0.340. The Morgan fingerprint density at radius 2 is 1.54 bits per heavy atom. The summed E-state index contributed by atoms with van der Waals surface area (Å²) >= 11 is 1.38. The van der Waals surface area contributed by atoms with Crippen LogP contribution >= 0.6 is 11.3 Å². The van der Waals surface area contributed by atoms with Crippen molar-refractivity contribution < 1.29 is 9.59 Å². The minimum atomic E-state index is -0.180. The number of carbonyl (C=O) groups is 2. The summed E-state index contributed by atoms with van der Waals surface area (Å²) in [5, 5.41) is 7.53. The molecule has 0 aliphatic heterocycles. The molecule has 0 spiro atoms. The first kappa shape index (κ1) is 16.0. The number of hydrogen-bond donors (Lipinski definition) is 2. The minimum absolute atomic E-state index is 0.160. The molecule has 3 aromatic rings. The number of aryl methyl sites for hydroxylation is 1. The Morgan fingerprint density at radius 1 is 0.833 bits per heavy atom. The van der Waals surface area contributed by atoms with Gasteiger partial charge in [-0.05, 0) is 48.7 Å². The zero-order valence-corrected chi connectivity index (χ0v) is 13.9. The zero-order chi connectivity index (χ0) is 16.9. The average Bonchev–Trinajstić information content (AvgIpc) is 3.10. The predicted molar refractivity (Wildman–Crippen MR) is 97.8 cm³/mol. The fraction of sp³-hybridized carbons (Fsp3) is 0.0526. The summed E-state index contributed by atoms with van der Waals surface area (Å²) in [4.78, 5) is 25.0. The summed E-state index contributed by atoms with van der Waals surface area (Å²) in [7, 11) is 0. The Morgan fingerprint density at radius 3 is 2.21 bits per heavy atom. The van der Waals surface area contributed by atoms with Crippen molar-refractivity contribution in [3.8, 4) is 0 Å². The summed E-state index contributed by atoms with van der Waals surface area (Å²) in [6.07, 6.45) is 0. The molecule has 1 heterocycles. The van der Waals surface area contributed by atoms with Gasteiger partial charge in [-0.25, -0.2) is 0 Å². The van der Waals surface area contributed by atoms with Crippen molar-refractivity contribution in [2.75, 3.05) is 10.6 Å². The van der Waals surface area contributed by atoms with Crippen LogP contribution in [0.25, 0.3) is 0 Å². The molecule has 5 heteroatoms. The molecular weight excluding hydrogens is 320 g/mol.